The molecule has 9 heteroatoms. The van der Waals surface area contributed by atoms with Gasteiger partial charge in [0.15, 0.2) is 0 Å². The van der Waals surface area contributed by atoms with Crippen molar-refractivity contribution in [3.05, 3.63) is 15.8 Å². The first-order valence-electron chi connectivity index (χ1n) is 5.86. The van der Waals surface area contributed by atoms with Crippen molar-refractivity contribution in [2.75, 3.05) is 18.6 Å². The van der Waals surface area contributed by atoms with E-state index in [0.717, 1.165) is 0 Å². The van der Waals surface area contributed by atoms with Crippen LogP contribution < -0.4 is 16.0 Å². The minimum atomic E-state index is -0.551. The number of hydrazine groups is 1. The predicted octanol–water partition coefficient (Wildman–Crippen LogP) is 0.537. The van der Waals surface area contributed by atoms with Crippen LogP contribution in [0.4, 0.5) is 11.6 Å². The Hall–Kier alpha value is -2.00. The fourth-order valence-electron chi connectivity index (χ4n) is 1.85. The lowest BCUT2D eigenvalue weighted by molar-refractivity contribution is -0.387. The van der Waals surface area contributed by atoms with Gasteiger partial charge in [0.25, 0.3) is 5.88 Å². The third-order valence-corrected chi connectivity index (χ3v) is 2.78. The molecule has 0 bridgehead atoms. The minimum absolute atomic E-state index is 0.0580. The van der Waals surface area contributed by atoms with E-state index in [0.29, 0.717) is 26.1 Å². The van der Waals surface area contributed by atoms with Gasteiger partial charge in [-0.2, -0.15) is 4.98 Å². The van der Waals surface area contributed by atoms with Gasteiger partial charge in [-0.1, -0.05) is 0 Å². The molecule has 2 heterocycles. The van der Waals surface area contributed by atoms with Crippen molar-refractivity contribution in [1.29, 1.82) is 0 Å². The van der Waals surface area contributed by atoms with Gasteiger partial charge in [0, 0.05) is 12.8 Å². The topological polar surface area (TPSA) is 125 Å². The van der Waals surface area contributed by atoms with Crippen molar-refractivity contribution in [2.45, 2.75) is 25.9 Å². The fourth-order valence-corrected chi connectivity index (χ4v) is 1.85. The summed E-state index contributed by atoms with van der Waals surface area (Å²) < 4.78 is 10.8. The summed E-state index contributed by atoms with van der Waals surface area (Å²) in [4.78, 5) is 18.3. The number of hydrogen-bond acceptors (Lipinski definition) is 8. The molecule has 0 radical (unpaired) electrons. The Labute approximate surface area is 109 Å². The standard InChI is InChI=1S/C10H15N5O4/c1-6-8(15(16)17)9(13-10(12-6)14-11)19-7-2-4-18-5-3-7/h7H,2-5,11H2,1H3,(H,12,13,14). The summed E-state index contributed by atoms with van der Waals surface area (Å²) in [6, 6.07) is 0. The van der Waals surface area contributed by atoms with E-state index in [1.54, 1.807) is 0 Å². The summed E-state index contributed by atoms with van der Waals surface area (Å²) in [6.45, 7) is 2.66. The predicted molar refractivity (Wildman–Crippen MR) is 65.7 cm³/mol. The van der Waals surface area contributed by atoms with E-state index in [9.17, 15) is 10.1 Å². The summed E-state index contributed by atoms with van der Waals surface area (Å²) in [5, 5.41) is 11.1. The molecule has 0 atom stereocenters. The molecule has 0 amide bonds. The van der Waals surface area contributed by atoms with Crippen molar-refractivity contribution in [1.82, 2.24) is 9.97 Å². The first-order chi connectivity index (χ1) is 9.11. The Morgan fingerprint density at radius 1 is 1.47 bits per heavy atom. The molecule has 0 spiro atoms. The van der Waals surface area contributed by atoms with Crippen molar-refractivity contribution in [3.8, 4) is 5.88 Å². The monoisotopic (exact) mass is 269 g/mol. The van der Waals surface area contributed by atoms with E-state index >= 15 is 0 Å². The number of nitro groups is 1. The zero-order chi connectivity index (χ0) is 13.8. The van der Waals surface area contributed by atoms with Gasteiger partial charge in [-0.05, 0) is 6.92 Å². The van der Waals surface area contributed by atoms with E-state index in [1.807, 2.05) is 0 Å². The first kappa shape index (κ1) is 13.4. The van der Waals surface area contributed by atoms with Gasteiger partial charge in [0.1, 0.15) is 11.8 Å². The molecule has 104 valence electrons. The van der Waals surface area contributed by atoms with Crippen LogP contribution in [0.1, 0.15) is 18.5 Å². The Morgan fingerprint density at radius 3 is 2.74 bits per heavy atom. The number of aryl methyl sites for hydroxylation is 1. The Morgan fingerprint density at radius 2 is 2.16 bits per heavy atom. The second-order valence-corrected chi connectivity index (χ2v) is 4.12. The summed E-state index contributed by atoms with van der Waals surface area (Å²) >= 11 is 0. The second-order valence-electron chi connectivity index (χ2n) is 4.12. The van der Waals surface area contributed by atoms with Gasteiger partial charge in [-0.25, -0.2) is 10.8 Å². The number of nitrogens with one attached hydrogen (secondary N) is 1. The molecule has 0 saturated carbocycles. The van der Waals surface area contributed by atoms with E-state index in [1.165, 1.54) is 6.92 Å². The van der Waals surface area contributed by atoms with Crippen molar-refractivity contribution < 1.29 is 14.4 Å². The number of ether oxygens (including phenoxy) is 2. The van der Waals surface area contributed by atoms with Crippen LogP contribution in [0, 0.1) is 17.0 Å². The number of nitrogens with two attached hydrogens (primary N) is 1. The highest BCUT2D eigenvalue weighted by Gasteiger charge is 2.26. The lowest BCUT2D eigenvalue weighted by Crippen LogP contribution is -2.27. The van der Waals surface area contributed by atoms with Crippen LogP contribution in [0.25, 0.3) is 0 Å². The summed E-state index contributed by atoms with van der Waals surface area (Å²) in [5.41, 5.74) is 2.23. The molecule has 1 aromatic heterocycles. The van der Waals surface area contributed by atoms with Crippen LogP contribution >= 0.6 is 0 Å². The third-order valence-electron chi connectivity index (χ3n) is 2.78. The number of hydrogen-bond donors (Lipinski definition) is 2. The molecule has 3 N–H and O–H groups in total. The number of nitrogens with zero attached hydrogens (tertiary/aromatic N) is 3. The van der Waals surface area contributed by atoms with Gasteiger partial charge in [-0.15, -0.1) is 0 Å². The largest absolute Gasteiger partial charge is 0.469 e. The Bertz CT molecular complexity index is 475. The van der Waals surface area contributed by atoms with Crippen LogP contribution in [0.5, 0.6) is 5.88 Å². The third kappa shape index (κ3) is 3.06. The average molecular weight is 269 g/mol. The summed E-state index contributed by atoms with van der Waals surface area (Å²) in [7, 11) is 0. The highest BCUT2D eigenvalue weighted by atomic mass is 16.6. The Kier molecular flexibility index (Phi) is 4.07. The molecule has 0 aromatic carbocycles. The average Bonchev–Trinajstić information content (AvgIpc) is 2.38. The van der Waals surface area contributed by atoms with Crippen molar-refractivity contribution >= 4 is 11.6 Å². The molecule has 1 saturated heterocycles. The SMILES string of the molecule is Cc1nc(NN)nc(OC2CCOCC2)c1[N+](=O)[O-]. The number of aromatic nitrogens is 2. The quantitative estimate of drug-likeness (QED) is 0.460. The molecule has 2 rings (SSSR count). The molecule has 0 aliphatic carbocycles. The van der Waals surface area contributed by atoms with Crippen LogP contribution in [-0.4, -0.2) is 34.2 Å². The van der Waals surface area contributed by atoms with Gasteiger partial charge in [-0.3, -0.25) is 15.5 Å². The molecule has 9 nitrogen and oxygen atoms in total. The number of nitrogen functional groups attached to an aromatic ring is 1. The molecule has 0 unspecified atom stereocenters. The zero-order valence-electron chi connectivity index (χ0n) is 10.5. The highest BCUT2D eigenvalue weighted by Crippen LogP contribution is 2.30. The lowest BCUT2D eigenvalue weighted by atomic mass is 10.1. The molecule has 1 fully saturated rings. The van der Waals surface area contributed by atoms with Gasteiger partial charge >= 0.3 is 5.69 Å². The van der Waals surface area contributed by atoms with Crippen LogP contribution in [0.15, 0.2) is 0 Å². The molecular weight excluding hydrogens is 254 g/mol. The van der Waals surface area contributed by atoms with Crippen molar-refractivity contribution in [3.63, 3.8) is 0 Å². The smallest absolute Gasteiger partial charge is 0.352 e. The van der Waals surface area contributed by atoms with Gasteiger partial charge < -0.3 is 9.47 Å². The van der Waals surface area contributed by atoms with E-state index in [2.05, 4.69) is 15.4 Å². The van der Waals surface area contributed by atoms with Gasteiger partial charge in [0.05, 0.1) is 18.1 Å². The minimum Gasteiger partial charge on any atom is -0.469 e. The highest BCUT2D eigenvalue weighted by molar-refractivity contribution is 5.48. The molecule has 1 aromatic rings. The van der Waals surface area contributed by atoms with Crippen LogP contribution in [0.2, 0.25) is 0 Å². The lowest BCUT2D eigenvalue weighted by Gasteiger charge is -2.22. The summed E-state index contributed by atoms with van der Waals surface area (Å²) in [6.07, 6.45) is 1.20. The van der Waals surface area contributed by atoms with Crippen LogP contribution in [0.3, 0.4) is 0 Å². The maximum Gasteiger partial charge on any atom is 0.352 e. The number of anilines is 1. The summed E-state index contributed by atoms with van der Waals surface area (Å²) in [5.74, 6) is 5.26. The molecule has 19 heavy (non-hydrogen) atoms. The first-order valence-corrected chi connectivity index (χ1v) is 5.86. The van der Waals surface area contributed by atoms with Crippen LogP contribution in [-0.2, 0) is 4.74 Å². The zero-order valence-corrected chi connectivity index (χ0v) is 10.5. The molecule has 1 aliphatic rings. The normalized spacial score (nSPS) is 16.1. The van der Waals surface area contributed by atoms with Gasteiger partial charge in [0.2, 0.25) is 5.95 Å². The maximum atomic E-state index is 11.1. The van der Waals surface area contributed by atoms with E-state index in [4.69, 9.17) is 15.3 Å². The van der Waals surface area contributed by atoms with E-state index in [-0.39, 0.29) is 29.3 Å². The van der Waals surface area contributed by atoms with Crippen molar-refractivity contribution in [2.24, 2.45) is 5.84 Å². The molecular formula is C10H15N5O4. The second kappa shape index (κ2) is 5.76. The fraction of sp³-hybridized carbons (Fsp3) is 0.600. The number of rotatable bonds is 4. The van der Waals surface area contributed by atoms with E-state index < -0.39 is 4.92 Å². The maximum absolute atomic E-state index is 11.1. The molecule has 1 aliphatic heterocycles. The Balaban J connectivity index is 2.29.